The van der Waals surface area contributed by atoms with Gasteiger partial charge in [-0.05, 0) is 24.6 Å². The van der Waals surface area contributed by atoms with E-state index in [1.807, 2.05) is 49.4 Å². The predicted molar refractivity (Wildman–Crippen MR) is 57.2 cm³/mol. The fraction of sp³-hybridized carbons (Fsp3) is 0.0833. The van der Waals surface area contributed by atoms with Crippen LogP contribution in [0.4, 0.5) is 0 Å². The molecule has 13 heavy (non-hydrogen) atoms. The highest BCUT2D eigenvalue weighted by Crippen LogP contribution is 2.11. The molecule has 0 bridgehead atoms. The smallest absolute Gasteiger partial charge is 0.0701 e. The van der Waals surface area contributed by atoms with Crippen LogP contribution in [0, 0.1) is 0 Å². The molecule has 1 heterocycles. The van der Waals surface area contributed by atoms with Crippen molar-refractivity contribution in [3.63, 3.8) is 0 Å². The first-order chi connectivity index (χ1) is 6.38. The predicted octanol–water partition coefficient (Wildman–Crippen LogP) is 3.23. The monoisotopic (exact) mass is 171 g/mol. The van der Waals surface area contributed by atoms with Crippen molar-refractivity contribution in [3.8, 4) is 0 Å². The molecule has 0 fully saturated rings. The molecular weight excluding hydrogens is 158 g/mol. The van der Waals surface area contributed by atoms with Gasteiger partial charge in [0.1, 0.15) is 0 Å². The largest absolute Gasteiger partial charge is 0.256 e. The van der Waals surface area contributed by atoms with Gasteiger partial charge in [-0.3, -0.25) is 4.98 Å². The lowest BCUT2D eigenvalue weighted by Gasteiger charge is -1.98. The SMILES string of the molecule is C=C/C(=C\C=C/C)c1ccccn1. The van der Waals surface area contributed by atoms with Crippen LogP contribution in [0.5, 0.6) is 0 Å². The lowest BCUT2D eigenvalue weighted by molar-refractivity contribution is 1.28. The van der Waals surface area contributed by atoms with Crippen LogP contribution in [0.1, 0.15) is 12.6 Å². The maximum absolute atomic E-state index is 4.23. The van der Waals surface area contributed by atoms with Crippen molar-refractivity contribution in [3.05, 3.63) is 61.0 Å². The van der Waals surface area contributed by atoms with E-state index >= 15 is 0 Å². The molecule has 0 radical (unpaired) electrons. The van der Waals surface area contributed by atoms with Crippen LogP contribution in [0.3, 0.4) is 0 Å². The first kappa shape index (κ1) is 9.46. The highest BCUT2D eigenvalue weighted by molar-refractivity contribution is 5.72. The highest BCUT2D eigenvalue weighted by atomic mass is 14.7. The fourth-order valence-corrected chi connectivity index (χ4v) is 0.991. The first-order valence-electron chi connectivity index (χ1n) is 4.25. The average molecular weight is 171 g/mol. The molecule has 1 nitrogen and oxygen atoms in total. The Morgan fingerprint density at radius 3 is 2.85 bits per heavy atom. The summed E-state index contributed by atoms with van der Waals surface area (Å²) in [6.07, 6.45) is 9.54. The van der Waals surface area contributed by atoms with E-state index in [0.717, 1.165) is 11.3 Å². The summed E-state index contributed by atoms with van der Waals surface area (Å²) < 4.78 is 0. The molecule has 0 N–H and O–H groups in total. The third-order valence-electron chi connectivity index (χ3n) is 1.65. The second-order valence-electron chi connectivity index (χ2n) is 2.57. The van der Waals surface area contributed by atoms with Gasteiger partial charge in [-0.25, -0.2) is 0 Å². The molecule has 66 valence electrons. The molecule has 0 amide bonds. The van der Waals surface area contributed by atoms with Crippen molar-refractivity contribution in [2.45, 2.75) is 6.92 Å². The summed E-state index contributed by atoms with van der Waals surface area (Å²) in [5.74, 6) is 0. The molecule has 1 heteroatoms. The molecule has 1 rings (SSSR count). The van der Waals surface area contributed by atoms with Gasteiger partial charge in [-0.15, -0.1) is 0 Å². The normalized spacial score (nSPS) is 11.9. The number of rotatable bonds is 3. The van der Waals surface area contributed by atoms with Crippen molar-refractivity contribution in [2.75, 3.05) is 0 Å². The van der Waals surface area contributed by atoms with Crippen LogP contribution < -0.4 is 0 Å². The van der Waals surface area contributed by atoms with Crippen LogP contribution in [0.25, 0.3) is 5.57 Å². The van der Waals surface area contributed by atoms with E-state index in [4.69, 9.17) is 0 Å². The van der Waals surface area contributed by atoms with Crippen LogP contribution in [0.2, 0.25) is 0 Å². The Morgan fingerprint density at radius 1 is 1.46 bits per heavy atom. The molecule has 1 aromatic heterocycles. The Bertz CT molecular complexity index is 320. The van der Waals surface area contributed by atoms with Gasteiger partial charge < -0.3 is 0 Å². The van der Waals surface area contributed by atoms with E-state index in [2.05, 4.69) is 11.6 Å². The average Bonchev–Trinajstić information content (AvgIpc) is 2.21. The maximum Gasteiger partial charge on any atom is 0.0701 e. The van der Waals surface area contributed by atoms with Gasteiger partial charge in [0.2, 0.25) is 0 Å². The Balaban J connectivity index is 2.98. The summed E-state index contributed by atoms with van der Waals surface area (Å²) in [6, 6.07) is 5.84. The van der Waals surface area contributed by atoms with E-state index in [0.29, 0.717) is 0 Å². The minimum Gasteiger partial charge on any atom is -0.256 e. The van der Waals surface area contributed by atoms with Gasteiger partial charge in [0.25, 0.3) is 0 Å². The summed E-state index contributed by atoms with van der Waals surface area (Å²) in [6.45, 7) is 5.73. The van der Waals surface area contributed by atoms with Crippen LogP contribution in [-0.4, -0.2) is 4.98 Å². The summed E-state index contributed by atoms with van der Waals surface area (Å²) in [5, 5.41) is 0. The molecule has 0 saturated heterocycles. The van der Waals surface area contributed by atoms with Crippen molar-refractivity contribution in [1.29, 1.82) is 0 Å². The molecule has 0 unspecified atom stereocenters. The fourth-order valence-electron chi connectivity index (χ4n) is 0.991. The zero-order chi connectivity index (χ0) is 9.52. The molecule has 0 spiro atoms. The van der Waals surface area contributed by atoms with Crippen LogP contribution >= 0.6 is 0 Å². The summed E-state index contributed by atoms with van der Waals surface area (Å²) in [7, 11) is 0. The lowest BCUT2D eigenvalue weighted by Crippen LogP contribution is -1.83. The molecule has 0 aliphatic carbocycles. The van der Waals surface area contributed by atoms with E-state index in [-0.39, 0.29) is 0 Å². The minimum absolute atomic E-state index is 0.954. The number of allylic oxidation sites excluding steroid dienone is 5. The summed E-state index contributed by atoms with van der Waals surface area (Å²) in [5.41, 5.74) is 1.99. The second kappa shape index (κ2) is 5.09. The zero-order valence-corrected chi connectivity index (χ0v) is 7.77. The number of pyridine rings is 1. The van der Waals surface area contributed by atoms with Crippen LogP contribution in [-0.2, 0) is 0 Å². The minimum atomic E-state index is 0.954. The molecular formula is C12H13N. The number of nitrogens with zero attached hydrogens (tertiary/aromatic N) is 1. The summed E-state index contributed by atoms with van der Waals surface area (Å²) in [4.78, 5) is 4.23. The van der Waals surface area contributed by atoms with Gasteiger partial charge in [0.05, 0.1) is 5.69 Å². The van der Waals surface area contributed by atoms with E-state index in [1.165, 1.54) is 0 Å². The van der Waals surface area contributed by atoms with E-state index in [9.17, 15) is 0 Å². The van der Waals surface area contributed by atoms with Crippen LogP contribution in [0.15, 0.2) is 55.3 Å². The van der Waals surface area contributed by atoms with Gasteiger partial charge >= 0.3 is 0 Å². The number of hydrogen-bond acceptors (Lipinski definition) is 1. The van der Waals surface area contributed by atoms with Crippen molar-refractivity contribution in [1.82, 2.24) is 4.98 Å². The van der Waals surface area contributed by atoms with Crippen molar-refractivity contribution >= 4 is 5.57 Å². The number of hydrogen-bond donors (Lipinski definition) is 0. The Labute approximate surface area is 79.1 Å². The Hall–Kier alpha value is -1.63. The first-order valence-corrected chi connectivity index (χ1v) is 4.25. The van der Waals surface area contributed by atoms with Crippen molar-refractivity contribution < 1.29 is 0 Å². The summed E-state index contributed by atoms with van der Waals surface area (Å²) >= 11 is 0. The zero-order valence-electron chi connectivity index (χ0n) is 7.77. The lowest BCUT2D eigenvalue weighted by atomic mass is 10.1. The molecule has 0 aliphatic heterocycles. The van der Waals surface area contributed by atoms with Gasteiger partial charge in [0.15, 0.2) is 0 Å². The quantitative estimate of drug-likeness (QED) is 0.636. The van der Waals surface area contributed by atoms with E-state index in [1.54, 1.807) is 6.20 Å². The third-order valence-corrected chi connectivity index (χ3v) is 1.65. The molecule has 1 aromatic rings. The Kier molecular flexibility index (Phi) is 3.71. The standard InChI is InChI=1S/C12H13N/c1-3-5-8-11(4-2)12-9-6-7-10-13-12/h3-10H,2H2,1H3/b5-3-,11-8+. The van der Waals surface area contributed by atoms with E-state index < -0.39 is 0 Å². The third kappa shape index (κ3) is 2.71. The number of aromatic nitrogens is 1. The maximum atomic E-state index is 4.23. The highest BCUT2D eigenvalue weighted by Gasteiger charge is 1.94. The second-order valence-corrected chi connectivity index (χ2v) is 2.57. The molecule has 0 atom stereocenters. The van der Waals surface area contributed by atoms with Gasteiger partial charge in [0, 0.05) is 6.20 Å². The molecule has 0 aromatic carbocycles. The van der Waals surface area contributed by atoms with Gasteiger partial charge in [-0.2, -0.15) is 0 Å². The molecule has 0 aliphatic rings. The topological polar surface area (TPSA) is 12.9 Å². The molecule has 0 saturated carbocycles. The Morgan fingerprint density at radius 2 is 2.31 bits per heavy atom. The van der Waals surface area contributed by atoms with Gasteiger partial charge in [-0.1, -0.05) is 36.9 Å². The van der Waals surface area contributed by atoms with Crippen molar-refractivity contribution in [2.24, 2.45) is 0 Å².